The Morgan fingerprint density at radius 3 is 2.53 bits per heavy atom. The number of piperazine rings is 1. The molecule has 2 aromatic carbocycles. The Morgan fingerprint density at radius 2 is 1.81 bits per heavy atom. The topological polar surface area (TPSA) is 89.9 Å². The smallest absolute Gasteiger partial charge is 0.246 e. The van der Waals surface area contributed by atoms with Gasteiger partial charge >= 0.3 is 0 Å². The van der Waals surface area contributed by atoms with E-state index in [2.05, 4.69) is 5.32 Å². The molecule has 7 nitrogen and oxygen atoms in total. The van der Waals surface area contributed by atoms with Crippen LogP contribution < -0.4 is 5.32 Å². The number of carbonyl (C=O) groups is 3. The summed E-state index contributed by atoms with van der Waals surface area (Å²) >= 11 is 0. The second kappa shape index (κ2) is 9.42. The summed E-state index contributed by atoms with van der Waals surface area (Å²) in [4.78, 5) is 42.5. The first-order chi connectivity index (χ1) is 15.5. The predicted molar refractivity (Wildman–Crippen MR) is 120 cm³/mol. The van der Waals surface area contributed by atoms with Crippen molar-refractivity contribution in [2.24, 2.45) is 0 Å². The van der Waals surface area contributed by atoms with E-state index in [4.69, 9.17) is 0 Å². The van der Waals surface area contributed by atoms with E-state index in [1.807, 2.05) is 43.3 Å². The Bertz CT molecular complexity index is 1000. The standard InChI is InChI=1S/C25H29N3O4/c1-2-5-21(24(31)26-13-12-17-8-10-20(29)11-9-17)28-16-23(30)27-15-19-7-4-3-6-18(19)14-22(27)25(28)32/h3-4,6-11,21-22,29H,2,5,12-16H2,1H3,(H,26,31)/t21?,22-/m0/s1. The van der Waals surface area contributed by atoms with Gasteiger partial charge in [-0.1, -0.05) is 49.7 Å². The maximum Gasteiger partial charge on any atom is 0.246 e. The molecule has 168 valence electrons. The van der Waals surface area contributed by atoms with E-state index in [1.165, 1.54) is 4.90 Å². The number of rotatable bonds is 7. The van der Waals surface area contributed by atoms with Gasteiger partial charge in [0, 0.05) is 19.5 Å². The molecule has 4 rings (SSSR count). The number of phenolic OH excluding ortho intramolecular Hbond substituents is 1. The first-order valence-electron chi connectivity index (χ1n) is 11.2. The normalized spacial score (nSPS) is 18.7. The zero-order valence-electron chi connectivity index (χ0n) is 18.3. The van der Waals surface area contributed by atoms with Crippen LogP contribution in [-0.4, -0.2) is 57.8 Å². The third-order valence-corrected chi connectivity index (χ3v) is 6.33. The van der Waals surface area contributed by atoms with Crippen molar-refractivity contribution in [3.05, 3.63) is 65.2 Å². The van der Waals surface area contributed by atoms with Crippen molar-refractivity contribution in [3.8, 4) is 5.75 Å². The molecular formula is C25H29N3O4. The van der Waals surface area contributed by atoms with Gasteiger partial charge in [-0.05, 0) is 41.7 Å². The van der Waals surface area contributed by atoms with Crippen LogP contribution in [0, 0.1) is 0 Å². The van der Waals surface area contributed by atoms with E-state index in [-0.39, 0.29) is 30.0 Å². The third kappa shape index (κ3) is 4.47. The lowest BCUT2D eigenvalue weighted by Gasteiger charge is -2.45. The van der Waals surface area contributed by atoms with Crippen molar-refractivity contribution in [1.82, 2.24) is 15.1 Å². The van der Waals surface area contributed by atoms with Crippen molar-refractivity contribution in [3.63, 3.8) is 0 Å². The minimum atomic E-state index is -0.657. The van der Waals surface area contributed by atoms with Crippen molar-refractivity contribution in [2.45, 2.75) is 51.2 Å². The van der Waals surface area contributed by atoms with Gasteiger partial charge in [0.2, 0.25) is 17.7 Å². The van der Waals surface area contributed by atoms with E-state index in [0.717, 1.165) is 23.1 Å². The molecule has 2 N–H and O–H groups in total. The SMILES string of the molecule is CCCC(C(=O)NCCc1ccc(O)cc1)N1CC(=O)N2Cc3ccccc3C[C@H]2C1=O. The Labute approximate surface area is 188 Å². The van der Waals surface area contributed by atoms with Crippen LogP contribution in [0.5, 0.6) is 5.75 Å². The summed E-state index contributed by atoms with van der Waals surface area (Å²) in [5.41, 5.74) is 3.16. The van der Waals surface area contributed by atoms with E-state index < -0.39 is 12.1 Å². The first-order valence-corrected chi connectivity index (χ1v) is 11.2. The number of aromatic hydroxyl groups is 1. The molecule has 3 amide bonds. The molecule has 1 unspecified atom stereocenters. The fourth-order valence-electron chi connectivity index (χ4n) is 4.59. The molecule has 0 spiro atoms. The maximum atomic E-state index is 13.4. The molecule has 0 radical (unpaired) electrons. The fourth-order valence-corrected chi connectivity index (χ4v) is 4.59. The molecule has 0 aromatic heterocycles. The highest BCUT2D eigenvalue weighted by molar-refractivity contribution is 5.98. The summed E-state index contributed by atoms with van der Waals surface area (Å²) in [5, 5.41) is 12.3. The van der Waals surface area contributed by atoms with Gasteiger partial charge in [-0.15, -0.1) is 0 Å². The minimum absolute atomic E-state index is 0.0620. The summed E-state index contributed by atoms with van der Waals surface area (Å²) in [6.07, 6.45) is 2.34. The number of phenols is 1. The molecule has 0 saturated carbocycles. The van der Waals surface area contributed by atoms with Crippen LogP contribution in [0.3, 0.4) is 0 Å². The average Bonchev–Trinajstić information content (AvgIpc) is 2.80. The number of nitrogens with one attached hydrogen (secondary N) is 1. The number of nitrogens with zero attached hydrogens (tertiary/aromatic N) is 2. The number of fused-ring (bicyclic) bond motifs is 2. The Kier molecular flexibility index (Phi) is 6.44. The van der Waals surface area contributed by atoms with Gasteiger partial charge < -0.3 is 20.2 Å². The zero-order chi connectivity index (χ0) is 22.7. The molecule has 1 saturated heterocycles. The molecule has 2 aromatic rings. The van der Waals surface area contributed by atoms with E-state index >= 15 is 0 Å². The van der Waals surface area contributed by atoms with Gasteiger partial charge in [-0.2, -0.15) is 0 Å². The third-order valence-electron chi connectivity index (χ3n) is 6.33. The lowest BCUT2D eigenvalue weighted by Crippen LogP contribution is -2.65. The van der Waals surface area contributed by atoms with Gasteiger partial charge in [-0.25, -0.2) is 0 Å². The fraction of sp³-hybridized carbons (Fsp3) is 0.400. The van der Waals surface area contributed by atoms with Crippen molar-refractivity contribution >= 4 is 17.7 Å². The highest BCUT2D eigenvalue weighted by Crippen LogP contribution is 2.28. The highest BCUT2D eigenvalue weighted by atomic mass is 16.3. The largest absolute Gasteiger partial charge is 0.508 e. The predicted octanol–water partition coefficient (Wildman–Crippen LogP) is 2.02. The second-order valence-electron chi connectivity index (χ2n) is 8.49. The monoisotopic (exact) mass is 435 g/mol. The maximum absolute atomic E-state index is 13.4. The van der Waals surface area contributed by atoms with Gasteiger partial charge in [0.1, 0.15) is 24.4 Å². The molecule has 0 bridgehead atoms. The quantitative estimate of drug-likeness (QED) is 0.696. The van der Waals surface area contributed by atoms with Crippen molar-refractivity contribution in [1.29, 1.82) is 0 Å². The summed E-state index contributed by atoms with van der Waals surface area (Å²) in [7, 11) is 0. The number of amides is 3. The molecule has 32 heavy (non-hydrogen) atoms. The molecule has 0 aliphatic carbocycles. The van der Waals surface area contributed by atoms with E-state index in [9.17, 15) is 19.5 Å². The molecule has 2 heterocycles. The lowest BCUT2D eigenvalue weighted by molar-refractivity contribution is -0.161. The van der Waals surface area contributed by atoms with Crippen LogP contribution in [0.2, 0.25) is 0 Å². The van der Waals surface area contributed by atoms with Gasteiger partial charge in [0.05, 0.1) is 0 Å². The molecule has 2 aliphatic rings. The molecule has 2 aliphatic heterocycles. The van der Waals surface area contributed by atoms with Crippen LogP contribution in [0.15, 0.2) is 48.5 Å². The molecule has 7 heteroatoms. The van der Waals surface area contributed by atoms with Crippen LogP contribution in [0.25, 0.3) is 0 Å². The minimum Gasteiger partial charge on any atom is -0.508 e. The Balaban J connectivity index is 1.44. The number of hydrogen-bond acceptors (Lipinski definition) is 4. The summed E-state index contributed by atoms with van der Waals surface area (Å²) in [6, 6.07) is 13.5. The van der Waals surface area contributed by atoms with Gasteiger partial charge in [0.25, 0.3) is 0 Å². The van der Waals surface area contributed by atoms with Crippen LogP contribution in [-0.2, 0) is 33.8 Å². The van der Waals surface area contributed by atoms with Crippen LogP contribution >= 0.6 is 0 Å². The average molecular weight is 436 g/mol. The zero-order valence-corrected chi connectivity index (χ0v) is 18.3. The number of benzene rings is 2. The van der Waals surface area contributed by atoms with Crippen LogP contribution in [0.1, 0.15) is 36.5 Å². The highest BCUT2D eigenvalue weighted by Gasteiger charge is 2.45. The second-order valence-corrected chi connectivity index (χ2v) is 8.49. The van der Waals surface area contributed by atoms with Crippen molar-refractivity contribution < 1.29 is 19.5 Å². The van der Waals surface area contributed by atoms with Crippen molar-refractivity contribution in [2.75, 3.05) is 13.1 Å². The summed E-state index contributed by atoms with van der Waals surface area (Å²) in [6.45, 7) is 2.77. The number of hydrogen-bond donors (Lipinski definition) is 2. The number of carbonyl (C=O) groups excluding carboxylic acids is 3. The summed E-state index contributed by atoms with van der Waals surface area (Å²) < 4.78 is 0. The first kappa shape index (κ1) is 21.9. The summed E-state index contributed by atoms with van der Waals surface area (Å²) in [5.74, 6) is -0.279. The van der Waals surface area contributed by atoms with Gasteiger partial charge in [0.15, 0.2) is 0 Å². The Morgan fingerprint density at radius 1 is 1.09 bits per heavy atom. The van der Waals surface area contributed by atoms with Gasteiger partial charge in [-0.3, -0.25) is 14.4 Å². The molecular weight excluding hydrogens is 406 g/mol. The van der Waals surface area contributed by atoms with Crippen LogP contribution in [0.4, 0.5) is 0 Å². The molecule has 1 fully saturated rings. The van der Waals surface area contributed by atoms with E-state index in [1.54, 1.807) is 17.0 Å². The molecule has 2 atom stereocenters. The Hall–Kier alpha value is -3.35. The lowest BCUT2D eigenvalue weighted by atomic mass is 9.91. The van der Waals surface area contributed by atoms with E-state index in [0.29, 0.717) is 32.4 Å².